The van der Waals surface area contributed by atoms with Gasteiger partial charge in [-0.25, -0.2) is 18.4 Å². The molecule has 1 N–H and O–H groups in total. The summed E-state index contributed by atoms with van der Waals surface area (Å²) < 4.78 is 35.7. The SMILES string of the molecule is COCCCS(=O)(=O)c1ccc(/C(=N\O[C@@H]2CCOC2)C(=O)Nc2nc3ccc(N4CCC(N(C)C)C4)nc3s2)cc1. The van der Waals surface area contributed by atoms with E-state index in [0.717, 1.165) is 30.2 Å². The number of hydrogen-bond donors (Lipinski definition) is 1. The lowest BCUT2D eigenvalue weighted by atomic mass is 10.1. The number of carbonyl (C=O) groups excluding carboxylic acids is 1. The van der Waals surface area contributed by atoms with Crippen molar-refractivity contribution in [2.24, 2.45) is 5.16 Å². The summed E-state index contributed by atoms with van der Waals surface area (Å²) in [5.41, 5.74) is 1.10. The molecule has 2 aliphatic rings. The van der Waals surface area contributed by atoms with Crippen molar-refractivity contribution in [3.05, 3.63) is 42.0 Å². The van der Waals surface area contributed by atoms with Crippen molar-refractivity contribution >= 4 is 54.1 Å². The molecule has 0 aliphatic carbocycles. The second kappa shape index (κ2) is 13.4. The Hall–Kier alpha value is -3.17. The molecule has 2 saturated heterocycles. The fourth-order valence-electron chi connectivity index (χ4n) is 4.84. The number of thiazole rings is 1. The minimum atomic E-state index is -3.49. The molecular formula is C28H36N6O6S2. The van der Waals surface area contributed by atoms with Crippen molar-refractivity contribution in [1.29, 1.82) is 0 Å². The molecule has 0 saturated carbocycles. The van der Waals surface area contributed by atoms with Gasteiger partial charge in [0.25, 0.3) is 5.91 Å². The largest absolute Gasteiger partial charge is 0.389 e. The van der Waals surface area contributed by atoms with Gasteiger partial charge in [-0.3, -0.25) is 10.1 Å². The Morgan fingerprint density at radius 1 is 1.19 bits per heavy atom. The van der Waals surface area contributed by atoms with Gasteiger partial charge in [-0.2, -0.15) is 0 Å². The van der Waals surface area contributed by atoms with E-state index >= 15 is 0 Å². The molecule has 0 spiro atoms. The molecule has 12 nitrogen and oxygen atoms in total. The van der Waals surface area contributed by atoms with Crippen LogP contribution >= 0.6 is 11.3 Å². The summed E-state index contributed by atoms with van der Waals surface area (Å²) in [6, 6.07) is 10.4. The lowest BCUT2D eigenvalue weighted by molar-refractivity contribution is -0.110. The number of aromatic nitrogens is 2. The van der Waals surface area contributed by atoms with Crippen LogP contribution in [0.5, 0.6) is 0 Å². The fourth-order valence-corrected chi connectivity index (χ4v) is 6.96. The van der Waals surface area contributed by atoms with Crippen LogP contribution in [0.2, 0.25) is 0 Å². The van der Waals surface area contributed by atoms with Crippen LogP contribution in [0.1, 0.15) is 24.8 Å². The van der Waals surface area contributed by atoms with Gasteiger partial charge in [0.05, 0.1) is 23.9 Å². The number of hydrogen-bond acceptors (Lipinski definition) is 12. The molecule has 14 heteroatoms. The summed E-state index contributed by atoms with van der Waals surface area (Å²) in [4.78, 5) is 33.8. The molecule has 2 fully saturated rings. The van der Waals surface area contributed by atoms with Gasteiger partial charge in [-0.05, 0) is 51.2 Å². The van der Waals surface area contributed by atoms with Gasteiger partial charge in [-0.15, -0.1) is 0 Å². The third kappa shape index (κ3) is 7.24. The van der Waals surface area contributed by atoms with Crippen molar-refractivity contribution in [3.63, 3.8) is 0 Å². The number of rotatable bonds is 12. The zero-order valence-electron chi connectivity index (χ0n) is 24.0. The van der Waals surface area contributed by atoms with Crippen LogP contribution in [0.3, 0.4) is 0 Å². The maximum Gasteiger partial charge on any atom is 0.280 e. The van der Waals surface area contributed by atoms with Crippen molar-refractivity contribution in [1.82, 2.24) is 14.9 Å². The average molecular weight is 617 g/mol. The monoisotopic (exact) mass is 616 g/mol. The highest BCUT2D eigenvalue weighted by atomic mass is 32.2. The standard InChI is InChI=1S/C28H36N6O6S2/c1-33(2)20-11-13-34(17-20)24-10-9-23-27(30-24)41-28(29-23)31-26(35)25(32-40-21-12-15-39-18-21)19-5-7-22(8-6-19)42(36,37)16-4-14-38-3/h5-10,20-21H,4,11-18H2,1-3H3,(H,29,31,35)/b32-25+/t20?,21-/m1/s1. The number of sulfone groups is 1. The molecule has 2 atom stereocenters. The number of benzene rings is 1. The summed E-state index contributed by atoms with van der Waals surface area (Å²) in [6.45, 7) is 3.14. The molecule has 0 bridgehead atoms. The number of nitrogens with zero attached hydrogens (tertiary/aromatic N) is 5. The quantitative estimate of drug-likeness (QED) is 0.184. The number of pyridine rings is 1. The van der Waals surface area contributed by atoms with E-state index in [-0.39, 0.29) is 22.5 Å². The Kier molecular flexibility index (Phi) is 9.68. The fraction of sp³-hybridized carbons (Fsp3) is 0.500. The number of ether oxygens (including phenoxy) is 2. The first-order chi connectivity index (χ1) is 20.2. The first-order valence-electron chi connectivity index (χ1n) is 13.9. The molecule has 226 valence electrons. The van der Waals surface area contributed by atoms with E-state index < -0.39 is 15.7 Å². The highest BCUT2D eigenvalue weighted by Crippen LogP contribution is 2.29. The number of amides is 1. The smallest absolute Gasteiger partial charge is 0.280 e. The van der Waals surface area contributed by atoms with Crippen molar-refractivity contribution in [2.45, 2.75) is 36.3 Å². The van der Waals surface area contributed by atoms with Crippen LogP contribution in [-0.2, 0) is 28.9 Å². The highest BCUT2D eigenvalue weighted by molar-refractivity contribution is 7.91. The van der Waals surface area contributed by atoms with Crippen LogP contribution in [0.25, 0.3) is 10.3 Å². The van der Waals surface area contributed by atoms with Crippen LogP contribution in [0.4, 0.5) is 10.9 Å². The molecule has 4 heterocycles. The summed E-state index contributed by atoms with van der Waals surface area (Å²) in [5.74, 6) is 0.325. The second-order valence-corrected chi connectivity index (χ2v) is 13.6. The predicted molar refractivity (Wildman–Crippen MR) is 162 cm³/mol. The third-order valence-electron chi connectivity index (χ3n) is 7.32. The molecule has 42 heavy (non-hydrogen) atoms. The Balaban J connectivity index is 1.34. The number of anilines is 2. The summed E-state index contributed by atoms with van der Waals surface area (Å²) >= 11 is 1.28. The van der Waals surface area contributed by atoms with Crippen LogP contribution < -0.4 is 10.2 Å². The Morgan fingerprint density at radius 3 is 2.69 bits per heavy atom. The number of methoxy groups -OCH3 is 1. The maximum absolute atomic E-state index is 13.5. The van der Waals surface area contributed by atoms with Crippen LogP contribution in [-0.4, -0.2) is 107 Å². The number of oxime groups is 1. The van der Waals surface area contributed by atoms with Gasteiger partial charge in [-0.1, -0.05) is 28.6 Å². The molecule has 1 aromatic carbocycles. The van der Waals surface area contributed by atoms with E-state index in [2.05, 4.69) is 39.4 Å². The van der Waals surface area contributed by atoms with Gasteiger partial charge in [0, 0.05) is 44.8 Å². The van der Waals surface area contributed by atoms with Gasteiger partial charge in [0.1, 0.15) is 16.2 Å². The van der Waals surface area contributed by atoms with Gasteiger partial charge >= 0.3 is 0 Å². The van der Waals surface area contributed by atoms with Crippen LogP contribution in [0, 0.1) is 0 Å². The first-order valence-corrected chi connectivity index (χ1v) is 16.3. The average Bonchev–Trinajstić information content (AvgIpc) is 3.74. The van der Waals surface area contributed by atoms with E-state index in [1.165, 1.54) is 30.6 Å². The second-order valence-electron chi connectivity index (χ2n) is 10.5. The maximum atomic E-state index is 13.5. The minimum absolute atomic E-state index is 0.00456. The molecule has 2 aliphatic heterocycles. The molecule has 1 amide bonds. The van der Waals surface area contributed by atoms with Crippen molar-refractivity contribution < 1.29 is 27.5 Å². The molecule has 5 rings (SSSR count). The lowest BCUT2D eigenvalue weighted by Gasteiger charge is -2.20. The minimum Gasteiger partial charge on any atom is -0.389 e. The van der Waals surface area contributed by atoms with Crippen molar-refractivity contribution in [2.75, 3.05) is 70.1 Å². The molecule has 0 radical (unpaired) electrons. The summed E-state index contributed by atoms with van der Waals surface area (Å²) in [6.07, 6.45) is 1.86. The number of nitrogens with one attached hydrogen (secondary N) is 1. The van der Waals surface area contributed by atoms with E-state index in [1.807, 2.05) is 12.1 Å². The van der Waals surface area contributed by atoms with Crippen LogP contribution in [0.15, 0.2) is 46.4 Å². The van der Waals surface area contributed by atoms with Gasteiger partial charge < -0.3 is 24.1 Å². The predicted octanol–water partition coefficient (Wildman–Crippen LogP) is 2.79. The van der Waals surface area contributed by atoms with E-state index in [9.17, 15) is 13.2 Å². The van der Waals surface area contributed by atoms with E-state index in [4.69, 9.17) is 19.3 Å². The topological polar surface area (TPSA) is 136 Å². The molecule has 3 aromatic rings. The zero-order valence-corrected chi connectivity index (χ0v) is 25.6. The first kappa shape index (κ1) is 30.3. The van der Waals surface area contributed by atoms with E-state index in [1.54, 1.807) is 12.1 Å². The zero-order chi connectivity index (χ0) is 29.7. The Labute approximate surface area is 249 Å². The molecular weight excluding hydrogens is 580 g/mol. The summed E-state index contributed by atoms with van der Waals surface area (Å²) in [7, 11) is 2.22. The van der Waals surface area contributed by atoms with Gasteiger partial charge in [0.2, 0.25) is 0 Å². The highest BCUT2D eigenvalue weighted by Gasteiger charge is 2.26. The van der Waals surface area contributed by atoms with E-state index in [0.29, 0.717) is 54.9 Å². The molecule has 2 aromatic heterocycles. The Bertz CT molecular complexity index is 1520. The normalized spacial score (nSPS) is 19.6. The number of likely N-dealkylation sites (N-methyl/N-ethyl adjacent to an activating group) is 1. The lowest BCUT2D eigenvalue weighted by Crippen LogP contribution is -2.31. The van der Waals surface area contributed by atoms with Crippen molar-refractivity contribution in [3.8, 4) is 0 Å². The Morgan fingerprint density at radius 2 is 2.00 bits per heavy atom. The molecule has 1 unspecified atom stereocenters. The number of fused-ring (bicyclic) bond motifs is 1. The van der Waals surface area contributed by atoms with Gasteiger partial charge in [0.15, 0.2) is 26.8 Å². The third-order valence-corrected chi connectivity index (χ3v) is 10.0. The number of carbonyl (C=O) groups is 1. The summed E-state index contributed by atoms with van der Waals surface area (Å²) in [5, 5.41) is 7.38.